The maximum Gasteiger partial charge on any atom is 0.228 e. The van der Waals surface area contributed by atoms with Crippen LogP contribution in [0.4, 0.5) is 5.95 Å². The van der Waals surface area contributed by atoms with E-state index >= 15 is 0 Å². The molecule has 30 heavy (non-hydrogen) atoms. The zero-order valence-corrected chi connectivity index (χ0v) is 17.8. The summed E-state index contributed by atoms with van der Waals surface area (Å²) in [5, 5.41) is 15.2. The number of fused-ring (bicyclic) bond motifs is 1. The van der Waals surface area contributed by atoms with Crippen molar-refractivity contribution >= 4 is 17.0 Å². The summed E-state index contributed by atoms with van der Waals surface area (Å²) in [7, 11) is 0. The lowest BCUT2D eigenvalue weighted by molar-refractivity contribution is 0.122. The molecule has 0 saturated carbocycles. The van der Waals surface area contributed by atoms with Crippen LogP contribution in [0.1, 0.15) is 19.4 Å². The van der Waals surface area contributed by atoms with Crippen molar-refractivity contribution in [3.8, 4) is 11.3 Å². The fourth-order valence-corrected chi connectivity index (χ4v) is 3.83. The first-order valence-electron chi connectivity index (χ1n) is 10.7. The first-order valence-corrected chi connectivity index (χ1v) is 10.7. The molecule has 3 aromatic rings. The number of benzene rings is 1. The van der Waals surface area contributed by atoms with E-state index in [1.807, 2.05) is 35.1 Å². The van der Waals surface area contributed by atoms with Crippen molar-refractivity contribution in [2.24, 2.45) is 0 Å². The topological polar surface area (TPSA) is 79.5 Å². The predicted octanol–water partition coefficient (Wildman–Crippen LogP) is 2.16. The molecular weight excluding hydrogens is 380 g/mol. The third-order valence-electron chi connectivity index (χ3n) is 5.68. The van der Waals surface area contributed by atoms with Gasteiger partial charge in [-0.05, 0) is 24.7 Å². The maximum absolute atomic E-state index is 9.58. The third kappa shape index (κ3) is 4.30. The number of hydrogen-bond acceptors (Lipinski definition) is 7. The summed E-state index contributed by atoms with van der Waals surface area (Å²) in [5.74, 6) is 0.708. The Balaban J connectivity index is 1.78. The summed E-state index contributed by atoms with van der Waals surface area (Å²) in [5.41, 5.74) is 3.53. The molecule has 0 unspecified atom stereocenters. The van der Waals surface area contributed by atoms with Gasteiger partial charge < -0.3 is 19.6 Å². The van der Waals surface area contributed by atoms with Crippen LogP contribution in [0.5, 0.6) is 0 Å². The second-order valence-electron chi connectivity index (χ2n) is 7.46. The molecule has 4 rings (SSSR count). The normalized spacial score (nSPS) is 14.7. The number of likely N-dealkylation sites (N-methyl/N-ethyl adjacent to an activating group) is 1. The SMILES string of the molecule is CCN(CC)CCn1ncc2c(-c3cccc(CO)c3)nc(N3CCOCC3)nc21. The highest BCUT2D eigenvalue weighted by atomic mass is 16.5. The number of hydrogen-bond donors (Lipinski definition) is 1. The van der Waals surface area contributed by atoms with E-state index in [9.17, 15) is 5.11 Å². The molecule has 1 fully saturated rings. The molecule has 1 aromatic carbocycles. The Hall–Kier alpha value is -2.55. The standard InChI is InChI=1S/C22H30N6O2/c1-3-26(4-2)8-9-28-21-19(15-23-28)20(18-7-5-6-17(14-18)16-29)24-22(25-21)27-10-12-30-13-11-27/h5-7,14-15,29H,3-4,8-13,16H2,1-2H3. The van der Waals surface area contributed by atoms with Crippen LogP contribution in [0.3, 0.4) is 0 Å². The third-order valence-corrected chi connectivity index (χ3v) is 5.68. The number of anilines is 1. The average Bonchev–Trinajstić information content (AvgIpc) is 3.22. The summed E-state index contributed by atoms with van der Waals surface area (Å²) in [6, 6.07) is 7.88. The molecule has 160 valence electrons. The van der Waals surface area contributed by atoms with Crippen molar-refractivity contribution in [1.82, 2.24) is 24.6 Å². The molecule has 1 N–H and O–H groups in total. The minimum atomic E-state index is 0.00151. The van der Waals surface area contributed by atoms with Gasteiger partial charge in [0.2, 0.25) is 5.95 Å². The Morgan fingerprint density at radius 2 is 1.93 bits per heavy atom. The number of aliphatic hydroxyl groups is 1. The highest BCUT2D eigenvalue weighted by molar-refractivity contribution is 5.91. The Morgan fingerprint density at radius 1 is 1.13 bits per heavy atom. The van der Waals surface area contributed by atoms with Crippen molar-refractivity contribution in [3.63, 3.8) is 0 Å². The van der Waals surface area contributed by atoms with Gasteiger partial charge in [0.15, 0.2) is 5.65 Å². The van der Waals surface area contributed by atoms with Gasteiger partial charge >= 0.3 is 0 Å². The summed E-state index contributed by atoms with van der Waals surface area (Å²) in [6.45, 7) is 11.0. The van der Waals surface area contributed by atoms with Crippen molar-refractivity contribution in [2.75, 3.05) is 50.8 Å². The van der Waals surface area contributed by atoms with Crippen molar-refractivity contribution in [2.45, 2.75) is 27.0 Å². The number of ether oxygens (including phenoxy) is 1. The van der Waals surface area contributed by atoms with Crippen LogP contribution >= 0.6 is 0 Å². The molecule has 0 amide bonds. The lowest BCUT2D eigenvalue weighted by atomic mass is 10.1. The predicted molar refractivity (Wildman–Crippen MR) is 118 cm³/mol. The van der Waals surface area contributed by atoms with Crippen LogP contribution in [0.25, 0.3) is 22.3 Å². The van der Waals surface area contributed by atoms with E-state index in [0.717, 1.165) is 67.1 Å². The van der Waals surface area contributed by atoms with Gasteiger partial charge in [0.05, 0.1) is 43.6 Å². The molecule has 8 heteroatoms. The van der Waals surface area contributed by atoms with Crippen LogP contribution in [-0.4, -0.2) is 75.7 Å². The Morgan fingerprint density at radius 3 is 2.67 bits per heavy atom. The second-order valence-corrected chi connectivity index (χ2v) is 7.46. The summed E-state index contributed by atoms with van der Waals surface area (Å²) >= 11 is 0. The van der Waals surface area contributed by atoms with Gasteiger partial charge in [0, 0.05) is 25.2 Å². The molecule has 0 spiro atoms. The van der Waals surface area contributed by atoms with Gasteiger partial charge in [0.1, 0.15) is 0 Å². The van der Waals surface area contributed by atoms with Crippen LogP contribution in [0.15, 0.2) is 30.5 Å². The highest BCUT2D eigenvalue weighted by Crippen LogP contribution is 2.29. The van der Waals surface area contributed by atoms with Gasteiger partial charge in [-0.3, -0.25) is 0 Å². The molecule has 2 aromatic heterocycles. The first kappa shape index (κ1) is 20.7. The summed E-state index contributed by atoms with van der Waals surface area (Å²) in [4.78, 5) is 14.4. The lowest BCUT2D eigenvalue weighted by Crippen LogP contribution is -2.37. The minimum absolute atomic E-state index is 0.00151. The fraction of sp³-hybridized carbons (Fsp3) is 0.500. The van der Waals surface area contributed by atoms with E-state index in [0.29, 0.717) is 19.2 Å². The average molecular weight is 411 g/mol. The van der Waals surface area contributed by atoms with Crippen LogP contribution < -0.4 is 4.90 Å². The minimum Gasteiger partial charge on any atom is -0.392 e. The van der Waals surface area contributed by atoms with E-state index in [1.165, 1.54) is 0 Å². The van der Waals surface area contributed by atoms with Gasteiger partial charge in [-0.1, -0.05) is 32.0 Å². The van der Waals surface area contributed by atoms with Crippen LogP contribution in [-0.2, 0) is 17.9 Å². The molecule has 0 bridgehead atoms. The number of aromatic nitrogens is 4. The fourth-order valence-electron chi connectivity index (χ4n) is 3.83. The van der Waals surface area contributed by atoms with Crippen molar-refractivity contribution in [3.05, 3.63) is 36.0 Å². The Labute approximate surface area is 177 Å². The Bertz CT molecular complexity index is 979. The second kappa shape index (κ2) is 9.51. The quantitative estimate of drug-likeness (QED) is 0.610. The van der Waals surface area contributed by atoms with Gasteiger partial charge in [-0.2, -0.15) is 10.1 Å². The van der Waals surface area contributed by atoms with Crippen molar-refractivity contribution < 1.29 is 9.84 Å². The zero-order valence-electron chi connectivity index (χ0n) is 17.8. The lowest BCUT2D eigenvalue weighted by Gasteiger charge is -2.27. The molecule has 0 aliphatic carbocycles. The van der Waals surface area contributed by atoms with E-state index in [1.54, 1.807) is 0 Å². The largest absolute Gasteiger partial charge is 0.392 e. The molecule has 8 nitrogen and oxygen atoms in total. The maximum atomic E-state index is 9.58. The van der Waals surface area contributed by atoms with Gasteiger partial charge in [-0.15, -0.1) is 0 Å². The zero-order chi connectivity index (χ0) is 20.9. The molecule has 0 atom stereocenters. The number of rotatable bonds is 8. The van der Waals surface area contributed by atoms with Crippen molar-refractivity contribution in [1.29, 1.82) is 0 Å². The summed E-state index contributed by atoms with van der Waals surface area (Å²) in [6.07, 6.45) is 1.86. The molecule has 1 aliphatic rings. The number of nitrogens with zero attached hydrogens (tertiary/aromatic N) is 6. The van der Waals surface area contributed by atoms with E-state index in [2.05, 4.69) is 28.7 Å². The van der Waals surface area contributed by atoms with E-state index in [4.69, 9.17) is 14.7 Å². The van der Waals surface area contributed by atoms with E-state index in [-0.39, 0.29) is 6.61 Å². The number of aliphatic hydroxyl groups excluding tert-OH is 1. The molecule has 0 radical (unpaired) electrons. The monoisotopic (exact) mass is 410 g/mol. The highest BCUT2D eigenvalue weighted by Gasteiger charge is 2.20. The van der Waals surface area contributed by atoms with Crippen LogP contribution in [0, 0.1) is 0 Å². The molecule has 1 aliphatic heterocycles. The molecule has 1 saturated heterocycles. The van der Waals surface area contributed by atoms with Gasteiger partial charge in [0.25, 0.3) is 0 Å². The number of morpholine rings is 1. The first-order chi connectivity index (χ1) is 14.7. The van der Waals surface area contributed by atoms with E-state index < -0.39 is 0 Å². The molecular formula is C22H30N6O2. The molecule has 3 heterocycles. The van der Waals surface area contributed by atoms with Crippen LogP contribution in [0.2, 0.25) is 0 Å². The smallest absolute Gasteiger partial charge is 0.228 e. The van der Waals surface area contributed by atoms with Gasteiger partial charge in [-0.25, -0.2) is 9.67 Å². The summed E-state index contributed by atoms with van der Waals surface area (Å²) < 4.78 is 7.49. The Kier molecular flexibility index (Phi) is 6.56.